The lowest BCUT2D eigenvalue weighted by Crippen LogP contribution is -2.35. The van der Waals surface area contributed by atoms with Gasteiger partial charge in [-0.05, 0) is 17.7 Å². The van der Waals surface area contributed by atoms with Gasteiger partial charge in [-0.25, -0.2) is 0 Å². The molecule has 0 aliphatic carbocycles. The van der Waals surface area contributed by atoms with Crippen LogP contribution in [0.3, 0.4) is 0 Å². The van der Waals surface area contributed by atoms with E-state index in [-0.39, 0.29) is 18.2 Å². The molecule has 4 nitrogen and oxygen atoms in total. The molecule has 0 saturated carbocycles. The quantitative estimate of drug-likeness (QED) is 0.586. The van der Waals surface area contributed by atoms with Crippen LogP contribution in [-0.4, -0.2) is 37.6 Å². The lowest BCUT2D eigenvalue weighted by Gasteiger charge is -2.17. The van der Waals surface area contributed by atoms with Crippen molar-refractivity contribution in [1.82, 2.24) is 10.2 Å². The molecule has 0 spiro atoms. The van der Waals surface area contributed by atoms with Crippen LogP contribution in [0, 0.1) is 0 Å². The van der Waals surface area contributed by atoms with Gasteiger partial charge >= 0.3 is 6.61 Å². The zero-order valence-corrected chi connectivity index (χ0v) is 11.3. The lowest BCUT2D eigenvalue weighted by atomic mass is 10.2. The normalized spacial score (nSPS) is 10.4. The summed E-state index contributed by atoms with van der Waals surface area (Å²) in [6.07, 6.45) is 1.68. The van der Waals surface area contributed by atoms with Crippen molar-refractivity contribution in [2.24, 2.45) is 0 Å². The van der Waals surface area contributed by atoms with Crippen molar-refractivity contribution in [3.63, 3.8) is 0 Å². The number of ether oxygens (including phenoxy) is 1. The van der Waals surface area contributed by atoms with Crippen molar-refractivity contribution in [3.8, 4) is 5.75 Å². The first-order chi connectivity index (χ1) is 9.52. The minimum atomic E-state index is -2.83. The number of alkyl halides is 2. The largest absolute Gasteiger partial charge is 0.435 e. The fraction of sp³-hybridized carbons (Fsp3) is 0.357. The molecule has 0 unspecified atom stereocenters. The van der Waals surface area contributed by atoms with Crippen LogP contribution in [0.25, 0.3) is 0 Å². The Morgan fingerprint density at radius 1 is 1.45 bits per heavy atom. The monoisotopic (exact) mass is 284 g/mol. The number of amides is 1. The Hall–Kier alpha value is -1.95. The fourth-order valence-corrected chi connectivity index (χ4v) is 1.55. The van der Waals surface area contributed by atoms with Crippen molar-refractivity contribution in [3.05, 3.63) is 42.5 Å². The number of hydrogen-bond donors (Lipinski definition) is 1. The molecule has 1 rings (SSSR count). The molecule has 1 aromatic carbocycles. The maximum absolute atomic E-state index is 12.0. The molecule has 0 atom stereocenters. The SMILES string of the molecule is C=CCNCC(=O)N(C)Cc1ccc(OC(F)F)cc1. The Bertz CT molecular complexity index is 435. The van der Waals surface area contributed by atoms with Gasteiger partial charge in [-0.1, -0.05) is 18.2 Å². The minimum Gasteiger partial charge on any atom is -0.435 e. The molecule has 0 bridgehead atoms. The van der Waals surface area contributed by atoms with Gasteiger partial charge in [0.15, 0.2) is 0 Å². The summed E-state index contributed by atoms with van der Waals surface area (Å²) in [4.78, 5) is 13.3. The predicted molar refractivity (Wildman–Crippen MR) is 72.6 cm³/mol. The summed E-state index contributed by atoms with van der Waals surface area (Å²) >= 11 is 0. The first-order valence-corrected chi connectivity index (χ1v) is 6.12. The van der Waals surface area contributed by atoms with Crippen LogP contribution in [0.2, 0.25) is 0 Å². The van der Waals surface area contributed by atoms with E-state index in [0.29, 0.717) is 13.1 Å². The van der Waals surface area contributed by atoms with Gasteiger partial charge in [0, 0.05) is 20.1 Å². The molecule has 0 aliphatic rings. The Labute approximate surface area is 117 Å². The molecular weight excluding hydrogens is 266 g/mol. The molecule has 0 aromatic heterocycles. The molecule has 0 heterocycles. The molecule has 0 fully saturated rings. The van der Waals surface area contributed by atoms with Crippen LogP contribution in [0.15, 0.2) is 36.9 Å². The smallest absolute Gasteiger partial charge is 0.387 e. The Morgan fingerprint density at radius 3 is 2.65 bits per heavy atom. The maximum Gasteiger partial charge on any atom is 0.387 e. The summed E-state index contributed by atoms with van der Waals surface area (Å²) in [7, 11) is 1.68. The molecule has 0 saturated heterocycles. The standard InChI is InChI=1S/C14H18F2N2O2/c1-3-8-17-9-13(19)18(2)10-11-4-6-12(7-5-11)20-14(15)16/h3-7,14,17H,1,8-10H2,2H3. The second kappa shape index (κ2) is 8.27. The summed E-state index contributed by atoms with van der Waals surface area (Å²) in [5.41, 5.74) is 0.839. The second-order valence-corrected chi connectivity index (χ2v) is 4.19. The third kappa shape index (κ3) is 5.79. The summed E-state index contributed by atoms with van der Waals surface area (Å²) in [5, 5.41) is 2.92. The molecule has 1 amide bonds. The Kier molecular flexibility index (Phi) is 6.66. The topological polar surface area (TPSA) is 41.6 Å². The van der Waals surface area contributed by atoms with Gasteiger partial charge in [-0.2, -0.15) is 8.78 Å². The van der Waals surface area contributed by atoms with Gasteiger partial charge < -0.3 is 15.0 Å². The number of nitrogens with one attached hydrogen (secondary N) is 1. The van der Waals surface area contributed by atoms with Gasteiger partial charge in [-0.15, -0.1) is 6.58 Å². The van der Waals surface area contributed by atoms with E-state index in [1.165, 1.54) is 12.1 Å². The van der Waals surface area contributed by atoms with Gasteiger partial charge in [0.2, 0.25) is 5.91 Å². The van der Waals surface area contributed by atoms with E-state index in [9.17, 15) is 13.6 Å². The molecule has 0 radical (unpaired) electrons. The first kappa shape index (κ1) is 16.1. The highest BCUT2D eigenvalue weighted by Crippen LogP contribution is 2.15. The van der Waals surface area contributed by atoms with E-state index in [0.717, 1.165) is 5.56 Å². The molecule has 6 heteroatoms. The van der Waals surface area contributed by atoms with E-state index in [2.05, 4.69) is 16.6 Å². The molecule has 110 valence electrons. The first-order valence-electron chi connectivity index (χ1n) is 6.12. The van der Waals surface area contributed by atoms with Crippen LogP contribution >= 0.6 is 0 Å². The third-order valence-corrected chi connectivity index (χ3v) is 2.56. The highest BCUT2D eigenvalue weighted by molar-refractivity contribution is 5.77. The second-order valence-electron chi connectivity index (χ2n) is 4.19. The van der Waals surface area contributed by atoms with Crippen molar-refractivity contribution < 1.29 is 18.3 Å². The minimum absolute atomic E-state index is 0.0558. The molecule has 1 aromatic rings. The van der Waals surface area contributed by atoms with E-state index in [1.807, 2.05) is 0 Å². The maximum atomic E-state index is 12.0. The Morgan fingerprint density at radius 2 is 2.10 bits per heavy atom. The number of nitrogens with zero attached hydrogens (tertiary/aromatic N) is 1. The van der Waals surface area contributed by atoms with Crippen LogP contribution in [0.5, 0.6) is 5.75 Å². The average molecular weight is 284 g/mol. The van der Waals surface area contributed by atoms with Gasteiger partial charge in [0.1, 0.15) is 5.75 Å². The van der Waals surface area contributed by atoms with Crippen molar-refractivity contribution in [1.29, 1.82) is 0 Å². The fourth-order valence-electron chi connectivity index (χ4n) is 1.55. The van der Waals surface area contributed by atoms with E-state index in [4.69, 9.17) is 0 Å². The van der Waals surface area contributed by atoms with Crippen molar-refractivity contribution >= 4 is 5.91 Å². The predicted octanol–water partition coefficient (Wildman–Crippen LogP) is 2.02. The number of halogens is 2. The zero-order chi connectivity index (χ0) is 15.0. The zero-order valence-electron chi connectivity index (χ0n) is 11.3. The van der Waals surface area contributed by atoms with E-state index < -0.39 is 6.61 Å². The molecule has 0 aliphatic heterocycles. The van der Waals surface area contributed by atoms with Gasteiger partial charge in [0.25, 0.3) is 0 Å². The summed E-state index contributed by atoms with van der Waals surface area (Å²) in [5.74, 6) is 0.0464. The lowest BCUT2D eigenvalue weighted by molar-refractivity contribution is -0.129. The van der Waals surface area contributed by atoms with Crippen LogP contribution in [-0.2, 0) is 11.3 Å². The van der Waals surface area contributed by atoms with Gasteiger partial charge in [-0.3, -0.25) is 4.79 Å². The highest BCUT2D eigenvalue weighted by atomic mass is 19.3. The molecule has 20 heavy (non-hydrogen) atoms. The van der Waals surface area contributed by atoms with Crippen molar-refractivity contribution in [2.45, 2.75) is 13.2 Å². The molecular formula is C14H18F2N2O2. The van der Waals surface area contributed by atoms with Crippen LogP contribution in [0.4, 0.5) is 8.78 Å². The number of rotatable bonds is 8. The Balaban J connectivity index is 2.46. The van der Waals surface area contributed by atoms with Crippen LogP contribution in [0.1, 0.15) is 5.56 Å². The number of carbonyl (C=O) groups excluding carboxylic acids is 1. The third-order valence-electron chi connectivity index (χ3n) is 2.56. The summed E-state index contributed by atoms with van der Waals surface area (Å²) in [6.45, 7) is 1.92. The number of carbonyl (C=O) groups is 1. The van der Waals surface area contributed by atoms with Gasteiger partial charge in [0.05, 0.1) is 6.54 Å². The number of benzene rings is 1. The number of likely N-dealkylation sites (N-methyl/N-ethyl adjacent to an activating group) is 1. The van der Waals surface area contributed by atoms with Crippen LogP contribution < -0.4 is 10.1 Å². The highest BCUT2D eigenvalue weighted by Gasteiger charge is 2.09. The van der Waals surface area contributed by atoms with Crippen molar-refractivity contribution in [2.75, 3.05) is 20.1 Å². The molecule has 1 N–H and O–H groups in total. The summed E-state index contributed by atoms with van der Waals surface area (Å²) in [6, 6.07) is 6.21. The summed E-state index contributed by atoms with van der Waals surface area (Å²) < 4.78 is 28.2. The number of hydrogen-bond acceptors (Lipinski definition) is 3. The van der Waals surface area contributed by atoms with E-state index in [1.54, 1.807) is 30.2 Å². The van der Waals surface area contributed by atoms with E-state index >= 15 is 0 Å². The average Bonchev–Trinajstić information content (AvgIpc) is 2.40.